The first-order chi connectivity index (χ1) is 7.47. The molecule has 0 unspecified atom stereocenters. The number of sulfone groups is 1. The van der Waals surface area contributed by atoms with Gasteiger partial charge in [-0.1, -0.05) is 25.1 Å². The van der Waals surface area contributed by atoms with E-state index in [1.807, 2.05) is 19.1 Å². The van der Waals surface area contributed by atoms with Crippen molar-refractivity contribution in [1.29, 1.82) is 0 Å². The summed E-state index contributed by atoms with van der Waals surface area (Å²) in [5.74, 6) is 0.0804. The third-order valence-corrected chi connectivity index (χ3v) is 5.08. The van der Waals surface area contributed by atoms with Crippen molar-refractivity contribution in [2.24, 2.45) is 5.73 Å². The van der Waals surface area contributed by atoms with E-state index in [2.05, 4.69) is 0 Å². The summed E-state index contributed by atoms with van der Waals surface area (Å²) in [6, 6.07) is 7.18. The summed E-state index contributed by atoms with van der Waals surface area (Å²) in [7, 11) is -3.22. The average Bonchev–Trinajstić information content (AvgIpc) is 2.95. The number of hydrogen-bond acceptors (Lipinski definition) is 3. The van der Waals surface area contributed by atoms with Gasteiger partial charge in [0.2, 0.25) is 0 Å². The highest BCUT2D eigenvalue weighted by Crippen LogP contribution is 2.35. The summed E-state index contributed by atoms with van der Waals surface area (Å²) in [6.07, 6.45) is 2.37. The van der Waals surface area contributed by atoms with Gasteiger partial charge in [0.1, 0.15) is 0 Å². The second-order valence-electron chi connectivity index (χ2n) is 4.58. The van der Waals surface area contributed by atoms with Crippen LogP contribution in [0.25, 0.3) is 0 Å². The zero-order valence-electron chi connectivity index (χ0n) is 9.44. The first kappa shape index (κ1) is 11.6. The van der Waals surface area contributed by atoms with Gasteiger partial charge in [-0.3, -0.25) is 0 Å². The molecule has 0 radical (unpaired) electrons. The Morgan fingerprint density at radius 3 is 2.50 bits per heavy atom. The van der Waals surface area contributed by atoms with Crippen molar-refractivity contribution in [3.8, 4) is 0 Å². The van der Waals surface area contributed by atoms with Crippen molar-refractivity contribution in [2.75, 3.05) is 5.75 Å². The van der Waals surface area contributed by atoms with Crippen molar-refractivity contribution in [3.63, 3.8) is 0 Å². The standard InChI is InChI=1S/C12H17NO2S/c1-2-10-5-3-4-6-11(10)16(14,15)9-12(13)7-8-12/h3-6H,2,7-9,13H2,1H3. The lowest BCUT2D eigenvalue weighted by Gasteiger charge is -2.12. The summed E-state index contributed by atoms with van der Waals surface area (Å²) in [5, 5.41) is 0. The van der Waals surface area contributed by atoms with Gasteiger partial charge in [0.15, 0.2) is 9.84 Å². The maximum Gasteiger partial charge on any atom is 0.180 e. The van der Waals surface area contributed by atoms with Gasteiger partial charge in [-0.15, -0.1) is 0 Å². The molecule has 1 saturated carbocycles. The minimum Gasteiger partial charge on any atom is -0.324 e. The minimum atomic E-state index is -3.22. The van der Waals surface area contributed by atoms with Crippen LogP contribution < -0.4 is 5.73 Å². The van der Waals surface area contributed by atoms with E-state index < -0.39 is 15.4 Å². The van der Waals surface area contributed by atoms with Gasteiger partial charge in [-0.05, 0) is 30.9 Å². The Bertz CT molecular complexity index is 489. The lowest BCUT2D eigenvalue weighted by atomic mass is 10.2. The molecular formula is C12H17NO2S. The Labute approximate surface area is 96.6 Å². The Balaban J connectivity index is 2.35. The Morgan fingerprint density at radius 2 is 1.94 bits per heavy atom. The molecule has 1 aromatic carbocycles. The second kappa shape index (κ2) is 3.86. The number of hydrogen-bond donors (Lipinski definition) is 1. The van der Waals surface area contributed by atoms with Crippen LogP contribution in [-0.2, 0) is 16.3 Å². The van der Waals surface area contributed by atoms with Crippen LogP contribution in [0.15, 0.2) is 29.2 Å². The van der Waals surface area contributed by atoms with Crippen LogP contribution in [-0.4, -0.2) is 19.7 Å². The smallest absolute Gasteiger partial charge is 0.180 e. The van der Waals surface area contributed by atoms with Gasteiger partial charge in [-0.25, -0.2) is 8.42 Å². The summed E-state index contributed by atoms with van der Waals surface area (Å²) in [6.45, 7) is 1.96. The molecule has 2 rings (SSSR count). The zero-order valence-corrected chi connectivity index (χ0v) is 10.3. The first-order valence-electron chi connectivity index (χ1n) is 5.56. The van der Waals surface area contributed by atoms with E-state index in [1.54, 1.807) is 12.1 Å². The van der Waals surface area contributed by atoms with Crippen LogP contribution in [0.2, 0.25) is 0 Å². The van der Waals surface area contributed by atoms with E-state index in [-0.39, 0.29) is 5.75 Å². The van der Waals surface area contributed by atoms with Gasteiger partial charge in [0.05, 0.1) is 10.6 Å². The van der Waals surface area contributed by atoms with Crippen LogP contribution in [0.3, 0.4) is 0 Å². The third-order valence-electron chi connectivity index (χ3n) is 3.06. The normalized spacial score (nSPS) is 18.4. The summed E-state index contributed by atoms with van der Waals surface area (Å²) >= 11 is 0. The molecule has 1 aliphatic carbocycles. The Hall–Kier alpha value is -0.870. The highest BCUT2D eigenvalue weighted by molar-refractivity contribution is 7.91. The first-order valence-corrected chi connectivity index (χ1v) is 7.22. The van der Waals surface area contributed by atoms with E-state index in [9.17, 15) is 8.42 Å². The molecule has 0 atom stereocenters. The summed E-state index contributed by atoms with van der Waals surface area (Å²) < 4.78 is 24.4. The predicted molar refractivity (Wildman–Crippen MR) is 64.0 cm³/mol. The van der Waals surface area contributed by atoms with Gasteiger partial charge < -0.3 is 5.73 Å². The average molecular weight is 239 g/mol. The summed E-state index contributed by atoms with van der Waals surface area (Å²) in [5.41, 5.74) is 6.31. The highest BCUT2D eigenvalue weighted by atomic mass is 32.2. The van der Waals surface area contributed by atoms with E-state index in [4.69, 9.17) is 5.73 Å². The van der Waals surface area contributed by atoms with Crippen LogP contribution in [0.4, 0.5) is 0 Å². The maximum atomic E-state index is 12.2. The number of benzene rings is 1. The van der Waals surface area contributed by atoms with Crippen molar-refractivity contribution in [1.82, 2.24) is 0 Å². The fourth-order valence-corrected chi connectivity index (χ4v) is 3.96. The van der Waals surface area contributed by atoms with Gasteiger partial charge in [-0.2, -0.15) is 0 Å². The molecule has 0 spiro atoms. The molecule has 1 aromatic rings. The van der Waals surface area contributed by atoms with Crippen molar-refractivity contribution in [3.05, 3.63) is 29.8 Å². The molecule has 1 aliphatic rings. The number of nitrogens with two attached hydrogens (primary N) is 1. The molecule has 0 aliphatic heterocycles. The molecule has 2 N–H and O–H groups in total. The topological polar surface area (TPSA) is 60.2 Å². The Kier molecular flexibility index (Phi) is 2.80. The van der Waals surface area contributed by atoms with E-state index in [0.29, 0.717) is 4.90 Å². The van der Waals surface area contributed by atoms with Crippen molar-refractivity contribution < 1.29 is 8.42 Å². The molecule has 0 amide bonds. The predicted octanol–water partition coefficient (Wildman–Crippen LogP) is 1.51. The molecule has 16 heavy (non-hydrogen) atoms. The fourth-order valence-electron chi connectivity index (χ4n) is 1.86. The molecular weight excluding hydrogens is 222 g/mol. The largest absolute Gasteiger partial charge is 0.324 e. The van der Waals surface area contributed by atoms with Crippen LogP contribution in [0, 0.1) is 0 Å². The quantitative estimate of drug-likeness (QED) is 0.866. The highest BCUT2D eigenvalue weighted by Gasteiger charge is 2.42. The molecule has 0 aromatic heterocycles. The van der Waals surface area contributed by atoms with Gasteiger partial charge >= 0.3 is 0 Å². The molecule has 3 nitrogen and oxygen atoms in total. The number of rotatable bonds is 4. The van der Waals surface area contributed by atoms with Crippen molar-refractivity contribution in [2.45, 2.75) is 36.6 Å². The number of aryl methyl sites for hydroxylation is 1. The Morgan fingerprint density at radius 1 is 1.31 bits per heavy atom. The fraction of sp³-hybridized carbons (Fsp3) is 0.500. The van der Waals surface area contributed by atoms with Crippen LogP contribution >= 0.6 is 0 Å². The van der Waals surface area contributed by atoms with Crippen molar-refractivity contribution >= 4 is 9.84 Å². The third kappa shape index (κ3) is 2.28. The van der Waals surface area contributed by atoms with E-state index in [1.165, 1.54) is 0 Å². The van der Waals surface area contributed by atoms with Crippen LogP contribution in [0.5, 0.6) is 0 Å². The van der Waals surface area contributed by atoms with Crippen LogP contribution in [0.1, 0.15) is 25.3 Å². The maximum absolute atomic E-state index is 12.2. The van der Waals surface area contributed by atoms with E-state index >= 15 is 0 Å². The monoisotopic (exact) mass is 239 g/mol. The van der Waals surface area contributed by atoms with Gasteiger partial charge in [0.25, 0.3) is 0 Å². The van der Waals surface area contributed by atoms with E-state index in [0.717, 1.165) is 24.8 Å². The molecule has 0 bridgehead atoms. The lowest BCUT2D eigenvalue weighted by molar-refractivity contribution is 0.584. The molecule has 4 heteroatoms. The molecule has 0 heterocycles. The molecule has 88 valence electrons. The molecule has 0 saturated heterocycles. The summed E-state index contributed by atoms with van der Waals surface area (Å²) in [4.78, 5) is 0.453. The minimum absolute atomic E-state index is 0.0804. The second-order valence-corrected chi connectivity index (χ2v) is 6.54. The van der Waals surface area contributed by atoms with Gasteiger partial charge in [0, 0.05) is 5.54 Å². The zero-order chi connectivity index (χ0) is 11.8. The SMILES string of the molecule is CCc1ccccc1S(=O)(=O)CC1(N)CC1. The molecule has 1 fully saturated rings. The lowest BCUT2D eigenvalue weighted by Crippen LogP contribution is -2.32.